The van der Waals surface area contributed by atoms with E-state index in [1.807, 2.05) is 12.1 Å². The van der Waals surface area contributed by atoms with E-state index < -0.39 is 0 Å². The first-order chi connectivity index (χ1) is 10.1. The monoisotopic (exact) mass is 340 g/mol. The van der Waals surface area contributed by atoms with Gasteiger partial charge in [0.15, 0.2) is 0 Å². The molecule has 1 heterocycles. The average molecular weight is 341 g/mol. The molecule has 1 aromatic carbocycles. The number of halogens is 2. The summed E-state index contributed by atoms with van der Waals surface area (Å²) >= 11 is 13.8. The van der Waals surface area contributed by atoms with Crippen LogP contribution >= 0.6 is 34.5 Å². The van der Waals surface area contributed by atoms with Crippen LogP contribution < -0.4 is 10.2 Å². The van der Waals surface area contributed by atoms with Gasteiger partial charge in [-0.05, 0) is 48.7 Å². The van der Waals surface area contributed by atoms with Gasteiger partial charge in [0.1, 0.15) is 0 Å². The van der Waals surface area contributed by atoms with Crippen molar-refractivity contribution < 1.29 is 0 Å². The Bertz CT molecular complexity index is 622. The summed E-state index contributed by atoms with van der Waals surface area (Å²) in [4.78, 5) is 3.51. The van der Waals surface area contributed by atoms with Crippen molar-refractivity contribution in [3.63, 3.8) is 0 Å². The molecule has 0 unspecified atom stereocenters. The van der Waals surface area contributed by atoms with E-state index in [2.05, 4.69) is 35.5 Å². The highest BCUT2D eigenvalue weighted by molar-refractivity contribution is 7.16. The Morgan fingerprint density at radius 2 is 2.05 bits per heavy atom. The van der Waals surface area contributed by atoms with E-state index >= 15 is 0 Å². The van der Waals surface area contributed by atoms with E-state index in [4.69, 9.17) is 23.2 Å². The van der Waals surface area contributed by atoms with Crippen LogP contribution in [-0.4, -0.2) is 13.1 Å². The van der Waals surface area contributed by atoms with Gasteiger partial charge in [-0.15, -0.1) is 11.3 Å². The molecule has 0 aliphatic heterocycles. The van der Waals surface area contributed by atoms with Crippen molar-refractivity contribution in [2.45, 2.75) is 32.0 Å². The maximum absolute atomic E-state index is 6.15. The second-order valence-corrected chi connectivity index (χ2v) is 7.73. The van der Waals surface area contributed by atoms with Crippen molar-refractivity contribution in [3.05, 3.63) is 50.1 Å². The molecule has 21 heavy (non-hydrogen) atoms. The van der Waals surface area contributed by atoms with E-state index in [1.165, 1.54) is 29.0 Å². The van der Waals surface area contributed by atoms with Crippen molar-refractivity contribution in [1.29, 1.82) is 0 Å². The topological polar surface area (TPSA) is 15.3 Å². The molecule has 1 fully saturated rings. The minimum atomic E-state index is 0.693. The van der Waals surface area contributed by atoms with Gasteiger partial charge in [0.25, 0.3) is 0 Å². The zero-order chi connectivity index (χ0) is 14.8. The Balaban J connectivity index is 1.75. The lowest BCUT2D eigenvalue weighted by atomic mass is 10.1. The molecule has 0 saturated heterocycles. The van der Waals surface area contributed by atoms with Crippen LogP contribution in [0.15, 0.2) is 30.3 Å². The molecule has 2 aromatic rings. The molecule has 1 aliphatic rings. The Hall–Kier alpha value is -0.740. The number of hydrogen-bond acceptors (Lipinski definition) is 3. The SMILES string of the molecule is CN(Cc1ccc(Cl)s1)c1ccc(Cl)cc1CNC1CC1. The predicted octanol–water partition coefficient (Wildman–Crippen LogP) is 4.94. The van der Waals surface area contributed by atoms with Crippen LogP contribution in [0.1, 0.15) is 23.3 Å². The molecule has 1 aromatic heterocycles. The summed E-state index contributed by atoms with van der Waals surface area (Å²) < 4.78 is 0.838. The number of anilines is 1. The second kappa shape index (κ2) is 6.57. The minimum absolute atomic E-state index is 0.693. The highest BCUT2D eigenvalue weighted by Crippen LogP contribution is 2.29. The van der Waals surface area contributed by atoms with E-state index in [9.17, 15) is 0 Å². The van der Waals surface area contributed by atoms with Crippen molar-refractivity contribution in [2.24, 2.45) is 0 Å². The van der Waals surface area contributed by atoms with Crippen molar-refractivity contribution >= 4 is 40.2 Å². The van der Waals surface area contributed by atoms with Gasteiger partial charge in [-0.1, -0.05) is 23.2 Å². The van der Waals surface area contributed by atoms with Gasteiger partial charge in [0.05, 0.1) is 10.9 Å². The summed E-state index contributed by atoms with van der Waals surface area (Å²) in [6, 6.07) is 10.8. The van der Waals surface area contributed by atoms with Gasteiger partial charge >= 0.3 is 0 Å². The third-order valence-corrected chi connectivity index (χ3v) is 5.08. The Labute approximate surface area is 139 Å². The first-order valence-corrected chi connectivity index (χ1v) is 8.66. The lowest BCUT2D eigenvalue weighted by Crippen LogP contribution is -2.21. The Morgan fingerprint density at radius 3 is 2.71 bits per heavy atom. The lowest BCUT2D eigenvalue weighted by Gasteiger charge is -2.22. The number of rotatable bonds is 6. The van der Waals surface area contributed by atoms with Crippen LogP contribution in [0.3, 0.4) is 0 Å². The summed E-state index contributed by atoms with van der Waals surface area (Å²) in [5, 5.41) is 4.35. The molecule has 0 spiro atoms. The number of hydrogen-bond donors (Lipinski definition) is 1. The summed E-state index contributed by atoms with van der Waals surface area (Å²) in [5.74, 6) is 0. The lowest BCUT2D eigenvalue weighted by molar-refractivity contribution is 0.685. The number of thiophene rings is 1. The number of nitrogens with zero attached hydrogens (tertiary/aromatic N) is 1. The summed E-state index contributed by atoms with van der Waals surface area (Å²) in [6.45, 7) is 1.73. The van der Waals surface area contributed by atoms with E-state index in [0.717, 1.165) is 22.4 Å². The smallest absolute Gasteiger partial charge is 0.0931 e. The summed E-state index contributed by atoms with van der Waals surface area (Å²) in [5.41, 5.74) is 2.47. The van der Waals surface area contributed by atoms with Gasteiger partial charge in [-0.2, -0.15) is 0 Å². The van der Waals surface area contributed by atoms with Crippen LogP contribution in [0, 0.1) is 0 Å². The fraction of sp³-hybridized carbons (Fsp3) is 0.375. The molecule has 0 radical (unpaired) electrons. The molecule has 0 amide bonds. The molecular formula is C16H18Cl2N2S. The molecule has 0 bridgehead atoms. The first-order valence-electron chi connectivity index (χ1n) is 7.09. The quantitative estimate of drug-likeness (QED) is 0.800. The van der Waals surface area contributed by atoms with Crippen molar-refractivity contribution in [1.82, 2.24) is 5.32 Å². The van der Waals surface area contributed by atoms with E-state index in [0.29, 0.717) is 6.04 Å². The molecular weight excluding hydrogens is 323 g/mol. The second-order valence-electron chi connectivity index (χ2n) is 5.49. The fourth-order valence-corrected chi connectivity index (χ4v) is 3.70. The molecule has 1 N–H and O–H groups in total. The average Bonchev–Trinajstić information content (AvgIpc) is 3.19. The Morgan fingerprint density at radius 1 is 1.24 bits per heavy atom. The molecule has 1 aliphatic carbocycles. The van der Waals surface area contributed by atoms with Gasteiger partial charge < -0.3 is 10.2 Å². The summed E-state index contributed by atoms with van der Waals surface area (Å²) in [7, 11) is 2.11. The van der Waals surface area contributed by atoms with Crippen LogP contribution in [-0.2, 0) is 13.1 Å². The van der Waals surface area contributed by atoms with E-state index in [-0.39, 0.29) is 0 Å². The number of benzene rings is 1. The predicted molar refractivity (Wildman–Crippen MR) is 92.7 cm³/mol. The highest BCUT2D eigenvalue weighted by atomic mass is 35.5. The molecule has 112 valence electrons. The molecule has 2 nitrogen and oxygen atoms in total. The number of nitrogens with one attached hydrogen (secondary N) is 1. The fourth-order valence-electron chi connectivity index (χ4n) is 2.37. The first kappa shape index (κ1) is 15.2. The largest absolute Gasteiger partial charge is 0.369 e. The van der Waals surface area contributed by atoms with Crippen LogP contribution in [0.5, 0.6) is 0 Å². The van der Waals surface area contributed by atoms with E-state index in [1.54, 1.807) is 11.3 Å². The normalized spacial score (nSPS) is 14.4. The third-order valence-electron chi connectivity index (χ3n) is 3.63. The minimum Gasteiger partial charge on any atom is -0.369 e. The maximum Gasteiger partial charge on any atom is 0.0931 e. The third kappa shape index (κ3) is 4.13. The standard InChI is InChI=1S/C16H18Cl2N2S/c1-20(10-14-5-7-16(18)21-14)15-6-2-12(17)8-11(15)9-19-13-3-4-13/h2,5-8,13,19H,3-4,9-10H2,1H3. The van der Waals surface area contributed by atoms with Gasteiger partial charge in [0.2, 0.25) is 0 Å². The van der Waals surface area contributed by atoms with Gasteiger partial charge in [0, 0.05) is 35.2 Å². The molecule has 5 heteroatoms. The van der Waals surface area contributed by atoms with Crippen LogP contribution in [0.4, 0.5) is 5.69 Å². The summed E-state index contributed by atoms with van der Waals surface area (Å²) in [6.07, 6.45) is 2.58. The van der Waals surface area contributed by atoms with Gasteiger partial charge in [-0.25, -0.2) is 0 Å². The van der Waals surface area contributed by atoms with Crippen molar-refractivity contribution in [3.8, 4) is 0 Å². The Kier molecular flexibility index (Phi) is 4.75. The zero-order valence-corrected chi connectivity index (χ0v) is 14.2. The maximum atomic E-state index is 6.15. The highest BCUT2D eigenvalue weighted by Gasteiger charge is 2.21. The van der Waals surface area contributed by atoms with Gasteiger partial charge in [-0.3, -0.25) is 0 Å². The molecule has 1 saturated carbocycles. The van der Waals surface area contributed by atoms with Crippen LogP contribution in [0.2, 0.25) is 9.36 Å². The van der Waals surface area contributed by atoms with Crippen LogP contribution in [0.25, 0.3) is 0 Å². The van der Waals surface area contributed by atoms with Crippen molar-refractivity contribution in [2.75, 3.05) is 11.9 Å². The molecule has 0 atom stereocenters. The zero-order valence-electron chi connectivity index (χ0n) is 11.9. The molecule has 3 rings (SSSR count).